The molecular formula is C17H22ClFN4O2S. The van der Waals surface area contributed by atoms with Gasteiger partial charge in [0.05, 0.1) is 11.7 Å². The monoisotopic (exact) mass is 400 g/mol. The summed E-state index contributed by atoms with van der Waals surface area (Å²) in [4.78, 5) is 27.3. The molecule has 142 valence electrons. The number of carbonyl (C=O) groups excluding carboxylic acids is 2. The van der Waals surface area contributed by atoms with Gasteiger partial charge >= 0.3 is 0 Å². The Balaban J connectivity index is 0.00000338. The molecule has 6 nitrogen and oxygen atoms in total. The van der Waals surface area contributed by atoms with Crippen LogP contribution in [0.3, 0.4) is 0 Å². The van der Waals surface area contributed by atoms with E-state index in [1.807, 2.05) is 13.8 Å². The molecule has 26 heavy (non-hydrogen) atoms. The molecule has 0 radical (unpaired) electrons. The van der Waals surface area contributed by atoms with Gasteiger partial charge in [-0.2, -0.15) is 0 Å². The third-order valence-corrected chi connectivity index (χ3v) is 4.62. The van der Waals surface area contributed by atoms with Gasteiger partial charge in [-0.3, -0.25) is 9.59 Å². The molecule has 0 aliphatic carbocycles. The number of benzene rings is 1. The number of nitrogens with two attached hydrogens (primary N) is 1. The Hall–Kier alpha value is -2.03. The highest BCUT2D eigenvalue weighted by atomic mass is 35.5. The second-order valence-corrected chi connectivity index (χ2v) is 6.67. The van der Waals surface area contributed by atoms with Crippen LogP contribution in [-0.4, -0.2) is 22.8 Å². The number of anilines is 2. The fraction of sp³-hybridized carbons (Fsp3) is 0.353. The predicted octanol–water partition coefficient (Wildman–Crippen LogP) is 3.64. The minimum Gasteiger partial charge on any atom is -0.326 e. The first kappa shape index (κ1) is 22.0. The number of hydrogen-bond donors (Lipinski definition) is 3. The quantitative estimate of drug-likeness (QED) is 0.689. The molecule has 2 aromatic rings. The van der Waals surface area contributed by atoms with Crippen LogP contribution in [0.25, 0.3) is 11.3 Å². The van der Waals surface area contributed by atoms with E-state index in [1.54, 1.807) is 11.4 Å². The molecule has 0 spiro atoms. The lowest BCUT2D eigenvalue weighted by atomic mass is 10.00. The highest BCUT2D eigenvalue weighted by Crippen LogP contribution is 2.28. The van der Waals surface area contributed by atoms with E-state index < -0.39 is 11.9 Å². The van der Waals surface area contributed by atoms with E-state index in [2.05, 4.69) is 15.6 Å². The van der Waals surface area contributed by atoms with Crippen molar-refractivity contribution in [1.29, 1.82) is 0 Å². The molecule has 1 heterocycles. The van der Waals surface area contributed by atoms with Crippen molar-refractivity contribution in [2.75, 3.05) is 10.6 Å². The molecule has 2 unspecified atom stereocenters. The summed E-state index contributed by atoms with van der Waals surface area (Å²) in [5.74, 6) is -1.04. The van der Waals surface area contributed by atoms with E-state index in [1.165, 1.54) is 30.4 Å². The Morgan fingerprint density at radius 2 is 2.04 bits per heavy atom. The molecule has 1 aromatic carbocycles. The van der Waals surface area contributed by atoms with E-state index in [0.29, 0.717) is 16.5 Å². The van der Waals surface area contributed by atoms with E-state index in [9.17, 15) is 14.0 Å². The van der Waals surface area contributed by atoms with Gasteiger partial charge in [-0.1, -0.05) is 20.3 Å². The molecule has 2 rings (SSSR count). The summed E-state index contributed by atoms with van der Waals surface area (Å²) in [7, 11) is 0. The zero-order chi connectivity index (χ0) is 18.6. The molecule has 0 saturated carbocycles. The summed E-state index contributed by atoms with van der Waals surface area (Å²) in [6.07, 6.45) is 0.795. The number of halogens is 2. The van der Waals surface area contributed by atoms with Crippen molar-refractivity contribution in [3.8, 4) is 11.3 Å². The molecule has 0 fully saturated rings. The highest BCUT2D eigenvalue weighted by molar-refractivity contribution is 7.14. The normalized spacial score (nSPS) is 12.7. The van der Waals surface area contributed by atoms with Crippen LogP contribution in [0.4, 0.5) is 15.2 Å². The number of rotatable bonds is 6. The van der Waals surface area contributed by atoms with Gasteiger partial charge in [0.1, 0.15) is 5.82 Å². The van der Waals surface area contributed by atoms with Crippen LogP contribution in [0.5, 0.6) is 0 Å². The van der Waals surface area contributed by atoms with Crippen molar-refractivity contribution in [2.45, 2.75) is 33.2 Å². The van der Waals surface area contributed by atoms with Crippen molar-refractivity contribution < 1.29 is 14.0 Å². The number of aromatic nitrogens is 1. The van der Waals surface area contributed by atoms with Crippen molar-refractivity contribution in [1.82, 2.24) is 4.98 Å². The first-order valence-corrected chi connectivity index (χ1v) is 8.79. The minimum atomic E-state index is -0.619. The molecular weight excluding hydrogens is 379 g/mol. The zero-order valence-electron chi connectivity index (χ0n) is 14.7. The van der Waals surface area contributed by atoms with Gasteiger partial charge in [-0.05, 0) is 24.1 Å². The lowest BCUT2D eigenvalue weighted by Gasteiger charge is -2.16. The number of amides is 2. The molecule has 2 atom stereocenters. The van der Waals surface area contributed by atoms with Crippen LogP contribution in [0, 0.1) is 11.7 Å². The number of thiazole rings is 1. The van der Waals surface area contributed by atoms with E-state index in [-0.39, 0.29) is 35.7 Å². The van der Waals surface area contributed by atoms with Crippen molar-refractivity contribution in [2.24, 2.45) is 11.7 Å². The predicted molar refractivity (Wildman–Crippen MR) is 105 cm³/mol. The Bertz CT molecular complexity index is 784. The molecule has 1 aromatic heterocycles. The van der Waals surface area contributed by atoms with Crippen LogP contribution in [0.2, 0.25) is 0 Å². The van der Waals surface area contributed by atoms with Crippen LogP contribution in [-0.2, 0) is 9.59 Å². The van der Waals surface area contributed by atoms with Gasteiger partial charge in [0.15, 0.2) is 5.13 Å². The van der Waals surface area contributed by atoms with Crippen LogP contribution < -0.4 is 16.4 Å². The molecule has 0 aliphatic heterocycles. The number of nitrogens with one attached hydrogen (secondary N) is 2. The van der Waals surface area contributed by atoms with Gasteiger partial charge < -0.3 is 16.4 Å². The molecule has 2 amide bonds. The van der Waals surface area contributed by atoms with Crippen LogP contribution >= 0.6 is 23.7 Å². The first-order chi connectivity index (χ1) is 11.8. The minimum absolute atomic E-state index is 0. The first-order valence-electron chi connectivity index (χ1n) is 7.91. The highest BCUT2D eigenvalue weighted by Gasteiger charge is 2.20. The van der Waals surface area contributed by atoms with Crippen molar-refractivity contribution in [3.05, 3.63) is 29.4 Å². The Kier molecular flexibility index (Phi) is 8.13. The molecule has 0 saturated heterocycles. The van der Waals surface area contributed by atoms with Crippen LogP contribution in [0.15, 0.2) is 23.6 Å². The summed E-state index contributed by atoms with van der Waals surface area (Å²) in [5, 5.41) is 7.20. The molecule has 0 bridgehead atoms. The van der Waals surface area contributed by atoms with Crippen molar-refractivity contribution >= 4 is 46.4 Å². The lowest BCUT2D eigenvalue weighted by Crippen LogP contribution is -2.40. The molecule has 4 N–H and O–H groups in total. The molecule has 9 heteroatoms. The zero-order valence-corrected chi connectivity index (χ0v) is 16.3. The maximum Gasteiger partial charge on any atom is 0.243 e. The second kappa shape index (κ2) is 9.61. The van der Waals surface area contributed by atoms with Gasteiger partial charge in [0.2, 0.25) is 11.8 Å². The Morgan fingerprint density at radius 3 is 2.62 bits per heavy atom. The van der Waals surface area contributed by atoms with Gasteiger partial charge in [-0.15, -0.1) is 23.7 Å². The Labute approximate surface area is 161 Å². The maximum atomic E-state index is 14.2. The standard InChI is InChI=1S/C17H21FN4O2S.ClH/c1-4-9(2)15(19)16(24)22-17-21-14(8-25-17)12-6-5-11(7-13(12)18)20-10(3)23;/h5-9,15H,4,19H2,1-3H3,(H,20,23)(H,21,22,24);1H. The number of carbonyl (C=O) groups is 2. The second-order valence-electron chi connectivity index (χ2n) is 5.81. The topological polar surface area (TPSA) is 97.1 Å². The van der Waals surface area contributed by atoms with Gasteiger partial charge in [-0.25, -0.2) is 9.37 Å². The summed E-state index contributed by atoms with van der Waals surface area (Å²) in [6, 6.07) is 3.74. The summed E-state index contributed by atoms with van der Waals surface area (Å²) in [5.41, 5.74) is 6.96. The average molecular weight is 401 g/mol. The van der Waals surface area contributed by atoms with Crippen LogP contribution in [0.1, 0.15) is 27.2 Å². The maximum absolute atomic E-state index is 14.2. The smallest absolute Gasteiger partial charge is 0.243 e. The summed E-state index contributed by atoms with van der Waals surface area (Å²) < 4.78 is 14.2. The third-order valence-electron chi connectivity index (χ3n) is 3.86. The van der Waals surface area contributed by atoms with Gasteiger partial charge in [0.25, 0.3) is 0 Å². The third kappa shape index (κ3) is 5.48. The summed E-state index contributed by atoms with van der Waals surface area (Å²) in [6.45, 7) is 5.22. The Morgan fingerprint density at radius 1 is 1.35 bits per heavy atom. The van der Waals surface area contributed by atoms with E-state index >= 15 is 0 Å². The van der Waals surface area contributed by atoms with Crippen molar-refractivity contribution in [3.63, 3.8) is 0 Å². The largest absolute Gasteiger partial charge is 0.326 e. The lowest BCUT2D eigenvalue weighted by molar-refractivity contribution is -0.118. The fourth-order valence-electron chi connectivity index (χ4n) is 2.16. The number of hydrogen-bond acceptors (Lipinski definition) is 5. The average Bonchev–Trinajstić information content (AvgIpc) is 3.01. The fourth-order valence-corrected chi connectivity index (χ4v) is 2.87. The molecule has 0 aliphatic rings. The van der Waals surface area contributed by atoms with E-state index in [4.69, 9.17) is 5.73 Å². The SMILES string of the molecule is CCC(C)C(N)C(=O)Nc1nc(-c2ccc(NC(C)=O)cc2F)cs1.Cl. The summed E-state index contributed by atoms with van der Waals surface area (Å²) >= 11 is 1.20. The number of nitrogens with zero attached hydrogens (tertiary/aromatic N) is 1. The van der Waals surface area contributed by atoms with E-state index in [0.717, 1.165) is 6.42 Å². The van der Waals surface area contributed by atoms with Gasteiger partial charge in [0, 0.05) is 23.6 Å².